The quantitative estimate of drug-likeness (QED) is 0.624. The second-order valence-corrected chi connectivity index (χ2v) is 3.51. The Morgan fingerprint density at radius 3 is 1.11 bits per heavy atom. The molecule has 0 unspecified atom stereocenters. The van der Waals surface area contributed by atoms with Gasteiger partial charge in [-0.25, -0.2) is 0 Å². The van der Waals surface area contributed by atoms with Crippen LogP contribution in [0.4, 0.5) is 0 Å². The van der Waals surface area contributed by atoms with Crippen LogP contribution >= 0.6 is 18.8 Å². The molecule has 0 amide bonds. The van der Waals surface area contributed by atoms with Crippen LogP contribution in [0.25, 0.3) is 0 Å². The summed E-state index contributed by atoms with van der Waals surface area (Å²) in [5.41, 5.74) is 0. The summed E-state index contributed by atoms with van der Waals surface area (Å²) in [6.45, 7) is 1.00. The third-order valence-electron chi connectivity index (χ3n) is 0. The fourth-order valence-corrected chi connectivity index (χ4v) is 0. The summed E-state index contributed by atoms with van der Waals surface area (Å²) in [4.78, 5) is 16.5. The van der Waals surface area contributed by atoms with E-state index in [4.69, 9.17) is 38.6 Å². The molecule has 0 atom stereocenters. The maximum absolute atomic E-state index is 8.24. The Morgan fingerprint density at radius 2 is 1.11 bits per heavy atom. The van der Waals surface area contributed by atoms with Crippen molar-refractivity contribution in [3.05, 3.63) is 0 Å². The molecule has 0 aromatic rings. The minimum absolute atomic E-state index is 0.472. The third kappa shape index (κ3) is 7290. The van der Waals surface area contributed by atoms with Crippen LogP contribution in [0.3, 0.4) is 0 Å². The SMILES string of the molecule is O=[C-]O.O=[C-]O.[Cl][Pt+2][Cl]. The molecule has 0 aromatic heterocycles. The molecule has 9 heavy (non-hydrogen) atoms. The number of aliphatic hydroxyl groups excluding tert-OH is 2. The average molecular weight is 356 g/mol. The molecule has 58 valence electrons. The zero-order valence-corrected chi connectivity index (χ0v) is 7.57. The van der Waals surface area contributed by atoms with Gasteiger partial charge >= 0.3 is 35.3 Å². The van der Waals surface area contributed by atoms with Crippen LogP contribution in [-0.2, 0) is 26.1 Å². The van der Waals surface area contributed by atoms with Crippen molar-refractivity contribution in [2.24, 2.45) is 0 Å². The summed E-state index contributed by atoms with van der Waals surface area (Å²) >= 11 is -0.472. The van der Waals surface area contributed by atoms with Gasteiger partial charge in [-0.1, -0.05) is 12.9 Å². The molecule has 0 heterocycles. The number of hydrogen-bond donors (Lipinski definition) is 2. The van der Waals surface area contributed by atoms with Crippen LogP contribution in [-0.4, -0.2) is 23.2 Å². The van der Waals surface area contributed by atoms with Gasteiger partial charge in [0.05, 0.1) is 0 Å². The normalized spacial score (nSPS) is 5.11. The topological polar surface area (TPSA) is 74.6 Å². The molecule has 0 fully saturated rings. The van der Waals surface area contributed by atoms with Crippen molar-refractivity contribution in [2.75, 3.05) is 0 Å². The molecule has 0 aromatic carbocycles. The zero-order valence-electron chi connectivity index (χ0n) is 3.78. The number of rotatable bonds is 0. The van der Waals surface area contributed by atoms with E-state index in [1.807, 2.05) is 0 Å². The maximum atomic E-state index is 8.24. The van der Waals surface area contributed by atoms with Gasteiger partial charge in [0.25, 0.3) is 0 Å². The first kappa shape index (κ1) is 16.1. The standard InChI is InChI=1S/2CHO2.2ClH.Pt/c2*2-1-3;;;/h2*(H,2,3);2*1H;/q2*-1;;;+4/p-2. The summed E-state index contributed by atoms with van der Waals surface area (Å²) in [6, 6.07) is 0. The van der Waals surface area contributed by atoms with Crippen molar-refractivity contribution in [3.8, 4) is 0 Å². The fraction of sp³-hybridized carbons (Fsp3) is 0. The molecule has 4 nitrogen and oxygen atoms in total. The van der Waals surface area contributed by atoms with Crippen molar-refractivity contribution in [3.63, 3.8) is 0 Å². The van der Waals surface area contributed by atoms with Crippen LogP contribution in [0.5, 0.6) is 0 Å². The molecule has 0 rings (SSSR count). The first-order valence-corrected chi connectivity index (χ1v) is 6.73. The molecule has 0 radical (unpaired) electrons. The summed E-state index contributed by atoms with van der Waals surface area (Å²) in [5, 5.41) is 13.5. The van der Waals surface area contributed by atoms with E-state index in [0.717, 1.165) is 0 Å². The molecule has 0 aliphatic rings. The van der Waals surface area contributed by atoms with Gasteiger partial charge in [-0.05, 0) is 0 Å². The van der Waals surface area contributed by atoms with Crippen LogP contribution in [0.1, 0.15) is 0 Å². The number of hydrogen-bond acceptors (Lipinski definition) is 2. The van der Waals surface area contributed by atoms with Crippen molar-refractivity contribution in [2.45, 2.75) is 0 Å². The fourth-order valence-electron chi connectivity index (χ4n) is 0. The Labute approximate surface area is 68.2 Å². The molecule has 0 saturated carbocycles. The molecule has 0 saturated heterocycles. The van der Waals surface area contributed by atoms with Crippen molar-refractivity contribution in [1.82, 2.24) is 0 Å². The van der Waals surface area contributed by atoms with E-state index in [-0.39, 0.29) is 0 Å². The van der Waals surface area contributed by atoms with Gasteiger partial charge in [-0.2, -0.15) is 0 Å². The second kappa shape index (κ2) is 41.4. The van der Waals surface area contributed by atoms with Crippen LogP contribution < -0.4 is 0 Å². The summed E-state index contributed by atoms with van der Waals surface area (Å²) in [6.07, 6.45) is 0. The van der Waals surface area contributed by atoms with Gasteiger partial charge in [0.15, 0.2) is 0 Å². The van der Waals surface area contributed by atoms with E-state index >= 15 is 0 Å². The van der Waals surface area contributed by atoms with Crippen molar-refractivity contribution in [1.29, 1.82) is 0 Å². The summed E-state index contributed by atoms with van der Waals surface area (Å²) < 4.78 is 0. The van der Waals surface area contributed by atoms with Crippen molar-refractivity contribution < 1.29 is 36.3 Å². The number of halogens is 2. The third-order valence-corrected chi connectivity index (χ3v) is 0. The predicted molar refractivity (Wildman–Crippen MR) is 28.4 cm³/mol. The Kier molecular flexibility index (Phi) is 74.1. The van der Waals surface area contributed by atoms with Gasteiger partial charge in [0.1, 0.15) is 0 Å². The van der Waals surface area contributed by atoms with E-state index in [9.17, 15) is 0 Å². The average Bonchev–Trinajstić information content (AvgIpc) is 1.70. The first-order valence-electron chi connectivity index (χ1n) is 1.09. The molecule has 7 heteroatoms. The van der Waals surface area contributed by atoms with Crippen molar-refractivity contribution >= 4 is 31.8 Å². The zero-order chi connectivity index (χ0) is 8.12. The van der Waals surface area contributed by atoms with E-state index < -0.39 is 16.5 Å². The Bertz CT molecular complexity index is 45.8. The van der Waals surface area contributed by atoms with Gasteiger partial charge in [-0.15, -0.1) is 0 Å². The summed E-state index contributed by atoms with van der Waals surface area (Å²) in [5.74, 6) is 0. The van der Waals surface area contributed by atoms with Gasteiger partial charge in [0.2, 0.25) is 0 Å². The molecular formula is C2H2Cl2O4Pt. The monoisotopic (exact) mass is 355 g/mol. The van der Waals surface area contributed by atoms with Gasteiger partial charge in [0, 0.05) is 0 Å². The van der Waals surface area contributed by atoms with E-state index in [0.29, 0.717) is 12.9 Å². The van der Waals surface area contributed by atoms with Crippen LogP contribution in [0.15, 0.2) is 0 Å². The van der Waals surface area contributed by atoms with E-state index in [1.165, 1.54) is 0 Å². The molecule has 2 N–H and O–H groups in total. The Balaban J connectivity index is -0.0000000600. The molecule has 0 spiro atoms. The Hall–Kier alpha value is 0.208. The van der Waals surface area contributed by atoms with Gasteiger partial charge in [-0.3, -0.25) is 0 Å². The van der Waals surface area contributed by atoms with Crippen LogP contribution in [0.2, 0.25) is 0 Å². The first-order chi connectivity index (χ1) is 4.24. The van der Waals surface area contributed by atoms with Crippen LogP contribution in [0, 0.1) is 0 Å². The van der Waals surface area contributed by atoms with E-state index in [2.05, 4.69) is 0 Å². The minimum atomic E-state index is -0.472. The molecular weight excluding hydrogens is 354 g/mol. The Morgan fingerprint density at radius 1 is 1.11 bits per heavy atom. The molecule has 0 aliphatic carbocycles. The predicted octanol–water partition coefficient (Wildman–Crippen LogP) is 0.600. The van der Waals surface area contributed by atoms with Gasteiger partial charge < -0.3 is 19.8 Å². The van der Waals surface area contributed by atoms with E-state index in [1.54, 1.807) is 0 Å². The molecule has 0 bridgehead atoms. The second-order valence-electron chi connectivity index (χ2n) is 0.228. The summed E-state index contributed by atoms with van der Waals surface area (Å²) in [7, 11) is 9.75. The molecule has 0 aliphatic heterocycles.